The number of aliphatic hydroxyl groups is 1. The summed E-state index contributed by atoms with van der Waals surface area (Å²) in [6.07, 6.45) is -1.68. The number of carboxylic acids is 2. The van der Waals surface area contributed by atoms with Crippen LogP contribution in [-0.2, 0) is 14.4 Å². The fourth-order valence-electron chi connectivity index (χ4n) is 1.72. The number of nitrogens with zero attached hydrogens (tertiary/aromatic N) is 1. The second-order valence-electron chi connectivity index (χ2n) is 5.35. The van der Waals surface area contributed by atoms with Crippen molar-refractivity contribution in [1.82, 2.24) is 0 Å². The van der Waals surface area contributed by atoms with E-state index in [0.717, 1.165) is 0 Å². The zero-order chi connectivity index (χ0) is 14.6. The number of carbonyl (C=O) groups is 3. The van der Waals surface area contributed by atoms with Crippen LogP contribution in [0.5, 0.6) is 0 Å². The summed E-state index contributed by atoms with van der Waals surface area (Å²) in [6, 6.07) is 0. The van der Waals surface area contributed by atoms with Crippen molar-refractivity contribution in [3.63, 3.8) is 0 Å². The van der Waals surface area contributed by atoms with Crippen LogP contribution in [0.4, 0.5) is 0 Å². The largest absolute Gasteiger partial charge is 0.550 e. The molecular weight excluding hydrogens is 242 g/mol. The Morgan fingerprint density at radius 2 is 1.67 bits per heavy atom. The van der Waals surface area contributed by atoms with Crippen LogP contribution in [0.15, 0.2) is 0 Å². The maximum atomic E-state index is 11.8. The predicted octanol–water partition coefficient (Wildman–Crippen LogP) is -2.00. The number of hydrogen-bond donors (Lipinski definition) is 2. The lowest BCUT2D eigenvalue weighted by molar-refractivity contribution is -0.875. The first kappa shape index (κ1) is 16.5. The van der Waals surface area contributed by atoms with Crippen molar-refractivity contribution in [2.45, 2.75) is 24.9 Å². The Morgan fingerprint density at radius 1 is 1.17 bits per heavy atom. The van der Waals surface area contributed by atoms with Crippen LogP contribution in [0.1, 0.15) is 19.3 Å². The molecule has 0 heterocycles. The minimum absolute atomic E-state index is 0.126. The average molecular weight is 261 g/mol. The highest BCUT2D eigenvalue weighted by molar-refractivity contribution is 5.92. The highest BCUT2D eigenvalue weighted by atomic mass is 16.4. The van der Waals surface area contributed by atoms with Gasteiger partial charge in [0.15, 0.2) is 11.4 Å². The summed E-state index contributed by atoms with van der Waals surface area (Å²) in [5, 5.41) is 29.2. The van der Waals surface area contributed by atoms with Crippen LogP contribution >= 0.6 is 0 Å². The highest BCUT2D eigenvalue weighted by Crippen LogP contribution is 2.18. The number of hydrogen-bond acceptors (Lipinski definition) is 5. The predicted molar refractivity (Wildman–Crippen MR) is 59.4 cm³/mol. The molecule has 1 atom stereocenters. The van der Waals surface area contributed by atoms with Crippen LogP contribution in [0.25, 0.3) is 0 Å². The van der Waals surface area contributed by atoms with Crippen molar-refractivity contribution in [1.29, 1.82) is 0 Å². The minimum atomic E-state index is -2.09. The topological polar surface area (TPSA) is 115 Å². The maximum Gasteiger partial charge on any atom is 0.303 e. The highest BCUT2D eigenvalue weighted by Gasteiger charge is 2.40. The van der Waals surface area contributed by atoms with Crippen LogP contribution in [-0.4, -0.2) is 65.7 Å². The summed E-state index contributed by atoms with van der Waals surface area (Å²) < 4.78 is 0.169. The number of carbonyl (C=O) groups excluding carboxylic acids is 2. The quantitative estimate of drug-likeness (QED) is 0.488. The molecule has 104 valence electrons. The second kappa shape index (κ2) is 5.92. The van der Waals surface area contributed by atoms with Crippen LogP contribution in [0, 0.1) is 0 Å². The van der Waals surface area contributed by atoms with Gasteiger partial charge in [-0.25, -0.2) is 0 Å². The fourth-order valence-corrected chi connectivity index (χ4v) is 1.72. The Hall–Kier alpha value is -1.47. The molecule has 0 bridgehead atoms. The Labute approximate surface area is 105 Å². The maximum absolute atomic E-state index is 11.8. The number of aliphatic carboxylic acids is 2. The number of likely N-dealkylation sites (N-methyl/N-ethyl adjacent to an activating group) is 1. The second-order valence-corrected chi connectivity index (χ2v) is 5.35. The zero-order valence-corrected chi connectivity index (χ0v) is 10.8. The van der Waals surface area contributed by atoms with Gasteiger partial charge in [-0.1, -0.05) is 0 Å². The van der Waals surface area contributed by atoms with Crippen molar-refractivity contribution in [3.8, 4) is 0 Å². The monoisotopic (exact) mass is 261 g/mol. The number of Topliss-reactive ketones (excluding diaryl/α,β-unsaturated/α-hetero) is 1. The van der Waals surface area contributed by atoms with Gasteiger partial charge in [0.25, 0.3) is 0 Å². The standard InChI is InChI=1S/C11H19NO6/c1-12(2,3)7-11(18,6-10(16)17)8(13)4-5-9(14)15/h18H,4-7H2,1-3H3,(H-,14,15,16,17). The molecule has 0 fully saturated rings. The van der Waals surface area contributed by atoms with Crippen molar-refractivity contribution in [3.05, 3.63) is 0 Å². The number of quaternary nitrogens is 1. The van der Waals surface area contributed by atoms with Gasteiger partial charge in [-0.05, 0) is 0 Å². The van der Waals surface area contributed by atoms with Gasteiger partial charge >= 0.3 is 5.97 Å². The van der Waals surface area contributed by atoms with E-state index < -0.39 is 42.6 Å². The van der Waals surface area contributed by atoms with Crippen molar-refractivity contribution in [2.24, 2.45) is 0 Å². The molecule has 0 saturated heterocycles. The third-order valence-electron chi connectivity index (χ3n) is 2.26. The minimum Gasteiger partial charge on any atom is -0.550 e. The van der Waals surface area contributed by atoms with E-state index in [4.69, 9.17) is 5.11 Å². The van der Waals surface area contributed by atoms with Crippen LogP contribution in [0.3, 0.4) is 0 Å². The van der Waals surface area contributed by atoms with E-state index in [1.165, 1.54) is 0 Å². The summed E-state index contributed by atoms with van der Waals surface area (Å²) in [7, 11) is 5.06. The lowest BCUT2D eigenvalue weighted by Gasteiger charge is -2.34. The molecule has 0 aromatic heterocycles. The lowest BCUT2D eigenvalue weighted by atomic mass is 9.90. The van der Waals surface area contributed by atoms with E-state index >= 15 is 0 Å². The van der Waals surface area contributed by atoms with E-state index in [0.29, 0.717) is 0 Å². The van der Waals surface area contributed by atoms with Gasteiger partial charge in [-0.3, -0.25) is 9.59 Å². The van der Waals surface area contributed by atoms with Gasteiger partial charge in [0.05, 0.1) is 27.6 Å². The molecule has 0 saturated carbocycles. The molecule has 18 heavy (non-hydrogen) atoms. The molecule has 7 nitrogen and oxygen atoms in total. The summed E-state index contributed by atoms with van der Waals surface area (Å²) in [4.78, 5) is 32.7. The molecule has 0 amide bonds. The van der Waals surface area contributed by atoms with Crippen molar-refractivity contribution in [2.75, 3.05) is 27.7 Å². The molecule has 0 radical (unpaired) electrons. The molecule has 7 heteroatoms. The van der Waals surface area contributed by atoms with Gasteiger partial charge in [0, 0.05) is 18.8 Å². The lowest BCUT2D eigenvalue weighted by Crippen LogP contribution is -2.56. The van der Waals surface area contributed by atoms with Gasteiger partial charge < -0.3 is 24.6 Å². The van der Waals surface area contributed by atoms with Gasteiger partial charge in [0.2, 0.25) is 0 Å². The third-order valence-corrected chi connectivity index (χ3v) is 2.26. The third kappa shape index (κ3) is 6.31. The molecule has 0 aliphatic heterocycles. The van der Waals surface area contributed by atoms with E-state index in [-0.39, 0.29) is 11.0 Å². The summed E-state index contributed by atoms with van der Waals surface area (Å²) in [5.74, 6) is -3.51. The average Bonchev–Trinajstić information content (AvgIpc) is 2.09. The first-order chi connectivity index (χ1) is 7.96. The van der Waals surface area contributed by atoms with Crippen molar-refractivity contribution >= 4 is 17.7 Å². The summed E-state index contributed by atoms with van der Waals surface area (Å²) in [5.41, 5.74) is -2.09. The molecule has 0 aromatic carbocycles. The zero-order valence-electron chi connectivity index (χ0n) is 10.8. The molecule has 0 aliphatic rings. The van der Waals surface area contributed by atoms with E-state index in [2.05, 4.69) is 0 Å². The first-order valence-corrected chi connectivity index (χ1v) is 5.44. The molecule has 0 spiro atoms. The van der Waals surface area contributed by atoms with E-state index in [1.54, 1.807) is 21.1 Å². The number of ketones is 1. The summed E-state index contributed by atoms with van der Waals surface area (Å²) in [6.45, 7) is -0.126. The van der Waals surface area contributed by atoms with Gasteiger partial charge in [-0.2, -0.15) is 0 Å². The van der Waals surface area contributed by atoms with Gasteiger partial charge in [0.1, 0.15) is 6.54 Å². The number of rotatable bonds is 8. The normalized spacial score (nSPS) is 14.9. The van der Waals surface area contributed by atoms with E-state index in [9.17, 15) is 24.6 Å². The Morgan fingerprint density at radius 3 is 2.00 bits per heavy atom. The molecule has 0 rings (SSSR count). The molecule has 1 unspecified atom stereocenters. The molecular formula is C11H19NO6. The fraction of sp³-hybridized carbons (Fsp3) is 0.727. The van der Waals surface area contributed by atoms with Crippen molar-refractivity contribution < 1.29 is 34.2 Å². The Bertz CT molecular complexity index is 346. The number of carboxylic acid groups (broad SMARTS) is 2. The first-order valence-electron chi connectivity index (χ1n) is 5.44. The SMILES string of the molecule is C[N+](C)(C)CC(O)(CC(=O)[O-])C(=O)CCC(=O)O. The Balaban J connectivity index is 4.90. The molecule has 0 aliphatic carbocycles. The molecule has 0 aromatic rings. The molecule has 2 N–H and O–H groups in total. The summed E-state index contributed by atoms with van der Waals surface area (Å²) >= 11 is 0. The van der Waals surface area contributed by atoms with Gasteiger partial charge in [-0.15, -0.1) is 0 Å². The smallest absolute Gasteiger partial charge is 0.303 e. The Kier molecular flexibility index (Phi) is 5.44. The van der Waals surface area contributed by atoms with E-state index in [1.807, 2.05) is 0 Å². The van der Waals surface area contributed by atoms with Crippen LogP contribution in [0.2, 0.25) is 0 Å². The van der Waals surface area contributed by atoms with Crippen LogP contribution < -0.4 is 5.11 Å².